The number of nitrogens with one attached hydrogen (secondary N) is 1. The molecule has 1 aromatic heterocycles. The maximum atomic E-state index is 9.43. The Labute approximate surface area is 129 Å². The van der Waals surface area contributed by atoms with Gasteiger partial charge in [-0.1, -0.05) is 0 Å². The topological polar surface area (TPSA) is 52.0 Å². The molecule has 0 spiro atoms. The molecule has 0 bridgehead atoms. The lowest BCUT2D eigenvalue weighted by atomic mass is 9.93. The van der Waals surface area contributed by atoms with E-state index in [1.807, 2.05) is 19.3 Å². The summed E-state index contributed by atoms with van der Waals surface area (Å²) in [4.78, 5) is 6.35. The first-order valence-electron chi connectivity index (χ1n) is 7.64. The summed E-state index contributed by atoms with van der Waals surface area (Å²) in [5, 5.41) is 12.8. The molecule has 1 aromatic rings. The summed E-state index contributed by atoms with van der Waals surface area (Å²) in [5.74, 6) is 0. The molecule has 0 aliphatic rings. The highest BCUT2D eigenvalue weighted by atomic mass is 15.1. The molecule has 2 atom stereocenters. The molecule has 116 valence electrons. The summed E-state index contributed by atoms with van der Waals surface area (Å²) < 4.78 is 0. The third-order valence-corrected chi connectivity index (χ3v) is 3.81. The van der Waals surface area contributed by atoms with Crippen LogP contribution in [0, 0.1) is 11.3 Å². The first-order chi connectivity index (χ1) is 9.86. The van der Waals surface area contributed by atoms with Crippen molar-refractivity contribution in [1.82, 2.24) is 15.2 Å². The van der Waals surface area contributed by atoms with Gasteiger partial charge in [-0.2, -0.15) is 5.26 Å². The van der Waals surface area contributed by atoms with Crippen molar-refractivity contribution in [2.75, 3.05) is 13.6 Å². The van der Waals surface area contributed by atoms with E-state index in [4.69, 9.17) is 0 Å². The smallest absolute Gasteiger partial charge is 0.105 e. The fraction of sp³-hybridized carbons (Fsp3) is 0.647. The van der Waals surface area contributed by atoms with Crippen LogP contribution in [0.25, 0.3) is 0 Å². The molecule has 0 saturated heterocycles. The number of likely N-dealkylation sites (N-methyl/N-ethyl adjacent to an activating group) is 1. The zero-order valence-corrected chi connectivity index (χ0v) is 13.9. The Bertz CT molecular complexity index is 452. The number of hydrogen-bond donors (Lipinski definition) is 1. The highest BCUT2D eigenvalue weighted by Gasteiger charge is 2.28. The van der Waals surface area contributed by atoms with Crippen LogP contribution < -0.4 is 5.32 Å². The molecule has 4 nitrogen and oxygen atoms in total. The molecule has 0 aliphatic heterocycles. The largest absolute Gasteiger partial charge is 0.303 e. The van der Waals surface area contributed by atoms with E-state index in [1.54, 1.807) is 0 Å². The molecular formula is C17H28N4. The fourth-order valence-electron chi connectivity index (χ4n) is 2.60. The summed E-state index contributed by atoms with van der Waals surface area (Å²) in [6.07, 6.45) is 5.48. The molecule has 2 unspecified atom stereocenters. The van der Waals surface area contributed by atoms with Gasteiger partial charge in [0.05, 0.1) is 6.07 Å². The van der Waals surface area contributed by atoms with Crippen molar-refractivity contribution >= 4 is 0 Å². The van der Waals surface area contributed by atoms with Gasteiger partial charge in [-0.05, 0) is 65.3 Å². The van der Waals surface area contributed by atoms with Gasteiger partial charge >= 0.3 is 0 Å². The number of hydrogen-bond acceptors (Lipinski definition) is 4. The van der Waals surface area contributed by atoms with E-state index in [0.717, 1.165) is 19.4 Å². The second-order valence-corrected chi connectivity index (χ2v) is 6.38. The average Bonchev–Trinajstić information content (AvgIpc) is 2.44. The molecule has 0 fully saturated rings. The molecule has 0 aromatic carbocycles. The molecule has 0 saturated carbocycles. The van der Waals surface area contributed by atoms with E-state index in [0.29, 0.717) is 12.1 Å². The van der Waals surface area contributed by atoms with Crippen LogP contribution in [0.2, 0.25) is 0 Å². The SMILES string of the molecule is CC(C)NC(C)(C#N)CC(C)N(C)CCc1ccncc1. The van der Waals surface area contributed by atoms with Crippen LogP contribution in [0.5, 0.6) is 0 Å². The molecule has 1 heterocycles. The molecule has 0 radical (unpaired) electrons. The number of pyridine rings is 1. The Kier molecular flexibility index (Phi) is 6.80. The predicted molar refractivity (Wildman–Crippen MR) is 86.9 cm³/mol. The Morgan fingerprint density at radius 2 is 1.95 bits per heavy atom. The Balaban J connectivity index is 2.50. The summed E-state index contributed by atoms with van der Waals surface area (Å²) in [5.41, 5.74) is 0.825. The molecular weight excluding hydrogens is 260 g/mol. The number of aromatic nitrogens is 1. The lowest BCUT2D eigenvalue weighted by molar-refractivity contribution is 0.210. The van der Waals surface area contributed by atoms with Crippen LogP contribution in [-0.2, 0) is 6.42 Å². The number of rotatable bonds is 8. The van der Waals surface area contributed by atoms with Crippen molar-refractivity contribution in [2.45, 2.75) is 58.2 Å². The molecule has 1 rings (SSSR count). The summed E-state index contributed by atoms with van der Waals surface area (Å²) in [6, 6.07) is 7.19. The minimum absolute atomic E-state index is 0.309. The van der Waals surface area contributed by atoms with Gasteiger partial charge in [0.1, 0.15) is 5.54 Å². The van der Waals surface area contributed by atoms with Gasteiger partial charge in [-0.25, -0.2) is 0 Å². The van der Waals surface area contributed by atoms with Crippen LogP contribution in [0.1, 0.15) is 39.7 Å². The Morgan fingerprint density at radius 1 is 1.33 bits per heavy atom. The predicted octanol–water partition coefficient (Wildman–Crippen LogP) is 2.61. The molecule has 1 N–H and O–H groups in total. The number of nitrogens with zero attached hydrogens (tertiary/aromatic N) is 3. The molecule has 0 amide bonds. The van der Waals surface area contributed by atoms with Crippen molar-refractivity contribution < 1.29 is 0 Å². The van der Waals surface area contributed by atoms with Gasteiger partial charge in [0.2, 0.25) is 0 Å². The van der Waals surface area contributed by atoms with Gasteiger partial charge in [0, 0.05) is 31.0 Å². The summed E-state index contributed by atoms with van der Waals surface area (Å²) in [7, 11) is 2.12. The normalized spacial score (nSPS) is 15.7. The lowest BCUT2D eigenvalue weighted by Crippen LogP contribution is -2.49. The molecule has 0 aliphatic carbocycles. The van der Waals surface area contributed by atoms with E-state index in [2.05, 4.69) is 61.2 Å². The zero-order chi connectivity index (χ0) is 15.9. The van der Waals surface area contributed by atoms with E-state index in [9.17, 15) is 5.26 Å². The second-order valence-electron chi connectivity index (χ2n) is 6.38. The summed E-state index contributed by atoms with van der Waals surface area (Å²) in [6.45, 7) is 9.31. The van der Waals surface area contributed by atoms with Crippen molar-refractivity contribution in [3.05, 3.63) is 30.1 Å². The van der Waals surface area contributed by atoms with Crippen molar-refractivity contribution in [1.29, 1.82) is 5.26 Å². The first-order valence-corrected chi connectivity index (χ1v) is 7.64. The molecule has 21 heavy (non-hydrogen) atoms. The first kappa shape index (κ1) is 17.6. The van der Waals surface area contributed by atoms with Crippen LogP contribution in [0.15, 0.2) is 24.5 Å². The maximum Gasteiger partial charge on any atom is 0.105 e. The molecule has 4 heteroatoms. The zero-order valence-electron chi connectivity index (χ0n) is 13.9. The van der Waals surface area contributed by atoms with Gasteiger partial charge in [-0.15, -0.1) is 0 Å². The van der Waals surface area contributed by atoms with Crippen LogP contribution in [0.4, 0.5) is 0 Å². The van der Waals surface area contributed by atoms with Crippen molar-refractivity contribution in [2.24, 2.45) is 0 Å². The summed E-state index contributed by atoms with van der Waals surface area (Å²) >= 11 is 0. The third-order valence-electron chi connectivity index (χ3n) is 3.81. The minimum atomic E-state index is -0.474. The lowest BCUT2D eigenvalue weighted by Gasteiger charge is -2.33. The average molecular weight is 288 g/mol. The van der Waals surface area contributed by atoms with Gasteiger partial charge < -0.3 is 4.90 Å². The third kappa shape index (κ3) is 6.24. The quantitative estimate of drug-likeness (QED) is 0.799. The van der Waals surface area contributed by atoms with Crippen LogP contribution in [-0.4, -0.2) is 41.1 Å². The van der Waals surface area contributed by atoms with Gasteiger partial charge in [0.25, 0.3) is 0 Å². The van der Waals surface area contributed by atoms with Crippen LogP contribution in [0.3, 0.4) is 0 Å². The van der Waals surface area contributed by atoms with Crippen molar-refractivity contribution in [3.63, 3.8) is 0 Å². The van der Waals surface area contributed by atoms with E-state index in [-0.39, 0.29) is 0 Å². The van der Waals surface area contributed by atoms with Crippen molar-refractivity contribution in [3.8, 4) is 6.07 Å². The van der Waals surface area contributed by atoms with Crippen LogP contribution >= 0.6 is 0 Å². The number of nitriles is 1. The van der Waals surface area contributed by atoms with Gasteiger partial charge in [-0.3, -0.25) is 10.3 Å². The maximum absolute atomic E-state index is 9.43. The van der Waals surface area contributed by atoms with E-state index < -0.39 is 5.54 Å². The Morgan fingerprint density at radius 3 is 2.48 bits per heavy atom. The monoisotopic (exact) mass is 288 g/mol. The van der Waals surface area contributed by atoms with E-state index >= 15 is 0 Å². The fourth-order valence-corrected chi connectivity index (χ4v) is 2.60. The highest BCUT2D eigenvalue weighted by Crippen LogP contribution is 2.16. The van der Waals surface area contributed by atoms with Gasteiger partial charge in [0.15, 0.2) is 0 Å². The minimum Gasteiger partial charge on any atom is -0.303 e. The highest BCUT2D eigenvalue weighted by molar-refractivity contribution is 5.10. The second kappa shape index (κ2) is 8.11. The Hall–Kier alpha value is -1.44. The van der Waals surface area contributed by atoms with E-state index in [1.165, 1.54) is 5.56 Å². The standard InChI is InChI=1S/C17H28N4/c1-14(2)20-17(4,13-18)12-15(3)21(5)11-8-16-6-9-19-10-7-16/h6-7,9-10,14-15,20H,8,11-12H2,1-5H3.